The third kappa shape index (κ3) is 2.71. The van der Waals surface area contributed by atoms with Crippen molar-refractivity contribution in [2.45, 2.75) is 6.42 Å². The number of fused-ring (bicyclic) bond motifs is 1. The van der Waals surface area contributed by atoms with Gasteiger partial charge in [-0.15, -0.1) is 0 Å². The van der Waals surface area contributed by atoms with E-state index in [0.29, 0.717) is 18.4 Å². The van der Waals surface area contributed by atoms with Crippen LogP contribution in [0.1, 0.15) is 6.42 Å². The molecule has 0 aliphatic carbocycles. The van der Waals surface area contributed by atoms with Crippen molar-refractivity contribution in [3.8, 4) is 5.88 Å². The van der Waals surface area contributed by atoms with Crippen LogP contribution >= 0.6 is 11.3 Å². The van der Waals surface area contributed by atoms with Crippen molar-refractivity contribution in [2.24, 2.45) is 5.92 Å². The van der Waals surface area contributed by atoms with Crippen LogP contribution < -0.4 is 9.64 Å². The number of hydrogen-bond acceptors (Lipinski definition) is 7. The zero-order valence-corrected chi connectivity index (χ0v) is 12.7. The van der Waals surface area contributed by atoms with Gasteiger partial charge < -0.3 is 9.64 Å². The van der Waals surface area contributed by atoms with E-state index in [1.807, 2.05) is 18.5 Å². The third-order valence-corrected chi connectivity index (χ3v) is 4.84. The first-order valence-corrected chi connectivity index (χ1v) is 8.04. The summed E-state index contributed by atoms with van der Waals surface area (Å²) < 4.78 is 6.89. The number of pyridine rings is 1. The van der Waals surface area contributed by atoms with E-state index < -0.39 is 0 Å². The van der Waals surface area contributed by atoms with E-state index in [1.165, 1.54) is 4.70 Å². The van der Waals surface area contributed by atoms with E-state index >= 15 is 0 Å². The fourth-order valence-electron chi connectivity index (χ4n) is 2.61. The van der Waals surface area contributed by atoms with Gasteiger partial charge in [0.2, 0.25) is 5.88 Å². The molecule has 4 rings (SSSR count). The van der Waals surface area contributed by atoms with Crippen molar-refractivity contribution in [3.05, 3.63) is 37.1 Å². The zero-order valence-electron chi connectivity index (χ0n) is 11.9. The molecule has 3 aromatic heterocycles. The van der Waals surface area contributed by atoms with Gasteiger partial charge in [0, 0.05) is 37.6 Å². The van der Waals surface area contributed by atoms with Gasteiger partial charge in [-0.1, -0.05) is 11.3 Å². The minimum absolute atomic E-state index is 0.493. The average molecular weight is 313 g/mol. The van der Waals surface area contributed by atoms with Crippen LogP contribution in [-0.4, -0.2) is 39.6 Å². The van der Waals surface area contributed by atoms with Crippen LogP contribution in [0.4, 0.5) is 5.13 Å². The molecule has 1 fully saturated rings. The molecule has 6 nitrogen and oxygen atoms in total. The number of nitrogens with zero attached hydrogens (tertiary/aromatic N) is 5. The van der Waals surface area contributed by atoms with Crippen molar-refractivity contribution in [2.75, 3.05) is 24.6 Å². The lowest BCUT2D eigenvalue weighted by atomic mass is 10.1. The minimum atomic E-state index is 0.493. The van der Waals surface area contributed by atoms with Gasteiger partial charge in [-0.2, -0.15) is 0 Å². The Labute approximate surface area is 131 Å². The number of rotatable bonds is 4. The quantitative estimate of drug-likeness (QED) is 0.737. The molecule has 0 spiro atoms. The van der Waals surface area contributed by atoms with E-state index in [9.17, 15) is 0 Å². The van der Waals surface area contributed by atoms with Crippen LogP contribution in [0, 0.1) is 5.92 Å². The predicted octanol–water partition coefficient (Wildman–Crippen LogP) is 2.39. The third-order valence-electron chi connectivity index (χ3n) is 3.74. The van der Waals surface area contributed by atoms with Crippen molar-refractivity contribution in [1.82, 2.24) is 19.9 Å². The Balaban J connectivity index is 1.39. The highest BCUT2D eigenvalue weighted by molar-refractivity contribution is 7.22. The second-order valence-electron chi connectivity index (χ2n) is 5.30. The molecule has 1 aliphatic rings. The first kappa shape index (κ1) is 13.4. The molecule has 7 heteroatoms. The SMILES string of the molecule is c1cnc(OCC2CCN(c3nc4cnccc4s3)C2)cn1. The van der Waals surface area contributed by atoms with E-state index in [4.69, 9.17) is 4.74 Å². The summed E-state index contributed by atoms with van der Waals surface area (Å²) in [6.45, 7) is 2.65. The molecule has 0 amide bonds. The smallest absolute Gasteiger partial charge is 0.232 e. The molecule has 0 N–H and O–H groups in total. The molecule has 1 aliphatic heterocycles. The van der Waals surface area contributed by atoms with Gasteiger partial charge in [-0.3, -0.25) is 9.97 Å². The maximum atomic E-state index is 5.71. The average Bonchev–Trinajstić information content (AvgIpc) is 3.20. The fraction of sp³-hybridized carbons (Fsp3) is 0.333. The van der Waals surface area contributed by atoms with Gasteiger partial charge in [-0.05, 0) is 12.5 Å². The predicted molar refractivity (Wildman–Crippen MR) is 85.3 cm³/mol. The molecular formula is C15H15N5OS. The molecule has 1 atom stereocenters. The van der Waals surface area contributed by atoms with Crippen LogP contribution in [0.5, 0.6) is 5.88 Å². The van der Waals surface area contributed by atoms with E-state index in [0.717, 1.165) is 30.2 Å². The fourth-order valence-corrected chi connectivity index (χ4v) is 3.58. The number of hydrogen-bond donors (Lipinski definition) is 0. The lowest BCUT2D eigenvalue weighted by Crippen LogP contribution is -2.21. The summed E-state index contributed by atoms with van der Waals surface area (Å²) in [5.41, 5.74) is 0.974. The Morgan fingerprint density at radius 3 is 3.05 bits per heavy atom. The summed E-state index contributed by atoms with van der Waals surface area (Å²) in [5.74, 6) is 1.08. The molecule has 4 heterocycles. The molecule has 0 aromatic carbocycles. The standard InChI is InChI=1S/C15H15N5OS/c1-3-16-7-12-13(1)22-15(19-12)20-6-2-11(9-20)10-21-14-8-17-4-5-18-14/h1,3-5,7-8,11H,2,6,9-10H2. The van der Waals surface area contributed by atoms with Gasteiger partial charge in [-0.25, -0.2) is 9.97 Å². The maximum Gasteiger partial charge on any atom is 0.232 e. The Kier molecular flexibility index (Phi) is 3.56. The Bertz CT molecular complexity index is 730. The lowest BCUT2D eigenvalue weighted by Gasteiger charge is -2.14. The molecule has 1 saturated heterocycles. The molecule has 112 valence electrons. The highest BCUT2D eigenvalue weighted by Gasteiger charge is 2.25. The topological polar surface area (TPSA) is 64.0 Å². The van der Waals surface area contributed by atoms with Crippen LogP contribution in [0.2, 0.25) is 0 Å². The first-order valence-electron chi connectivity index (χ1n) is 7.23. The van der Waals surface area contributed by atoms with Crippen molar-refractivity contribution in [1.29, 1.82) is 0 Å². The van der Waals surface area contributed by atoms with Crippen LogP contribution in [0.15, 0.2) is 37.1 Å². The number of ether oxygens (including phenoxy) is 1. The summed E-state index contributed by atoms with van der Waals surface area (Å²) in [7, 11) is 0. The summed E-state index contributed by atoms with van der Waals surface area (Å²) >= 11 is 1.72. The van der Waals surface area contributed by atoms with E-state index in [2.05, 4.69) is 24.8 Å². The van der Waals surface area contributed by atoms with E-state index in [1.54, 1.807) is 29.9 Å². The number of thiazole rings is 1. The number of anilines is 1. The van der Waals surface area contributed by atoms with E-state index in [-0.39, 0.29) is 0 Å². The highest BCUT2D eigenvalue weighted by atomic mass is 32.1. The molecule has 0 radical (unpaired) electrons. The summed E-state index contributed by atoms with van der Waals surface area (Å²) in [6, 6.07) is 2.02. The van der Waals surface area contributed by atoms with Crippen molar-refractivity contribution in [3.63, 3.8) is 0 Å². The Morgan fingerprint density at radius 1 is 1.23 bits per heavy atom. The molecule has 1 unspecified atom stereocenters. The number of aromatic nitrogens is 4. The monoisotopic (exact) mass is 313 g/mol. The van der Waals surface area contributed by atoms with Crippen LogP contribution in [0.25, 0.3) is 10.2 Å². The van der Waals surface area contributed by atoms with Gasteiger partial charge >= 0.3 is 0 Å². The molecule has 3 aromatic rings. The second-order valence-corrected chi connectivity index (χ2v) is 6.30. The molecule has 0 bridgehead atoms. The molecule has 0 saturated carbocycles. The Morgan fingerprint density at radius 2 is 2.18 bits per heavy atom. The van der Waals surface area contributed by atoms with Gasteiger partial charge in [0.1, 0.15) is 5.52 Å². The Hall–Kier alpha value is -2.28. The first-order chi connectivity index (χ1) is 10.9. The lowest BCUT2D eigenvalue weighted by molar-refractivity contribution is 0.251. The second kappa shape index (κ2) is 5.84. The minimum Gasteiger partial charge on any atom is -0.476 e. The summed E-state index contributed by atoms with van der Waals surface area (Å²) in [4.78, 5) is 19.3. The maximum absolute atomic E-state index is 5.71. The van der Waals surface area contributed by atoms with Gasteiger partial charge in [0.05, 0.1) is 23.7 Å². The summed E-state index contributed by atoms with van der Waals surface area (Å²) in [6.07, 6.45) is 9.67. The van der Waals surface area contributed by atoms with Crippen LogP contribution in [-0.2, 0) is 0 Å². The largest absolute Gasteiger partial charge is 0.476 e. The zero-order chi connectivity index (χ0) is 14.8. The highest BCUT2D eigenvalue weighted by Crippen LogP contribution is 2.31. The molecule has 22 heavy (non-hydrogen) atoms. The van der Waals surface area contributed by atoms with Crippen molar-refractivity contribution >= 4 is 26.7 Å². The normalized spacial score (nSPS) is 18.0. The van der Waals surface area contributed by atoms with Crippen LogP contribution in [0.3, 0.4) is 0 Å². The van der Waals surface area contributed by atoms with Crippen molar-refractivity contribution < 1.29 is 4.74 Å². The van der Waals surface area contributed by atoms with Gasteiger partial charge in [0.15, 0.2) is 5.13 Å². The molecular weight excluding hydrogens is 298 g/mol. The summed E-state index contributed by atoms with van der Waals surface area (Å²) in [5, 5.41) is 1.07. The van der Waals surface area contributed by atoms with Gasteiger partial charge in [0.25, 0.3) is 0 Å².